The van der Waals surface area contributed by atoms with Crippen LogP contribution in [0.1, 0.15) is 24.7 Å². The summed E-state index contributed by atoms with van der Waals surface area (Å²) in [6, 6.07) is 8.42. The molecule has 0 amide bonds. The Balaban J connectivity index is 2.36. The van der Waals surface area contributed by atoms with Gasteiger partial charge in [-0.25, -0.2) is 0 Å². The van der Waals surface area contributed by atoms with Crippen molar-refractivity contribution in [3.8, 4) is 0 Å². The molecule has 1 aromatic carbocycles. The molecule has 1 heterocycles. The molecular formula is C13H17NO. The van der Waals surface area contributed by atoms with Crippen LogP contribution in [0.4, 0.5) is 0 Å². The van der Waals surface area contributed by atoms with Crippen LogP contribution in [-0.4, -0.2) is 6.04 Å². The van der Waals surface area contributed by atoms with E-state index in [0.717, 1.165) is 24.2 Å². The van der Waals surface area contributed by atoms with Crippen molar-refractivity contribution in [2.24, 2.45) is 5.73 Å². The van der Waals surface area contributed by atoms with Crippen LogP contribution >= 0.6 is 0 Å². The molecule has 2 nitrogen and oxygen atoms in total. The van der Waals surface area contributed by atoms with Gasteiger partial charge in [-0.3, -0.25) is 0 Å². The molecule has 2 heteroatoms. The Kier molecular flexibility index (Phi) is 2.78. The summed E-state index contributed by atoms with van der Waals surface area (Å²) >= 11 is 0. The topological polar surface area (TPSA) is 39.2 Å². The van der Waals surface area contributed by atoms with E-state index >= 15 is 0 Å². The smallest absolute Gasteiger partial charge is 0.134 e. The van der Waals surface area contributed by atoms with Gasteiger partial charge in [-0.05, 0) is 32.8 Å². The lowest BCUT2D eigenvalue weighted by Crippen LogP contribution is -2.15. The number of fused-ring (bicyclic) bond motifs is 1. The van der Waals surface area contributed by atoms with Crippen molar-refractivity contribution >= 4 is 11.0 Å². The molecule has 0 aliphatic heterocycles. The minimum absolute atomic E-state index is 0.248. The molecule has 0 spiro atoms. The van der Waals surface area contributed by atoms with E-state index in [1.54, 1.807) is 0 Å². The summed E-state index contributed by atoms with van der Waals surface area (Å²) in [7, 11) is 0. The van der Waals surface area contributed by atoms with E-state index in [9.17, 15) is 0 Å². The van der Waals surface area contributed by atoms with Gasteiger partial charge in [0.15, 0.2) is 0 Å². The van der Waals surface area contributed by atoms with Gasteiger partial charge in [0.05, 0.1) is 0 Å². The molecule has 2 aromatic rings. The highest BCUT2D eigenvalue weighted by molar-refractivity contribution is 5.82. The molecule has 1 unspecified atom stereocenters. The number of rotatable bonds is 3. The lowest BCUT2D eigenvalue weighted by molar-refractivity contribution is 0.566. The van der Waals surface area contributed by atoms with Gasteiger partial charge in [-0.1, -0.05) is 18.2 Å². The molecule has 0 saturated heterocycles. The maximum atomic E-state index is 5.77. The third kappa shape index (κ3) is 2.05. The average molecular weight is 203 g/mol. The highest BCUT2D eigenvalue weighted by Crippen LogP contribution is 2.26. The lowest BCUT2D eigenvalue weighted by Gasteiger charge is -2.03. The number of hydrogen-bond acceptors (Lipinski definition) is 2. The molecule has 2 N–H and O–H groups in total. The second kappa shape index (κ2) is 4.07. The van der Waals surface area contributed by atoms with Crippen LogP contribution in [0.5, 0.6) is 0 Å². The van der Waals surface area contributed by atoms with Crippen LogP contribution in [0.2, 0.25) is 0 Å². The largest absolute Gasteiger partial charge is 0.461 e. The Hall–Kier alpha value is -1.28. The molecule has 0 saturated carbocycles. The zero-order valence-corrected chi connectivity index (χ0v) is 9.29. The number of nitrogens with two attached hydrogens (primary N) is 1. The van der Waals surface area contributed by atoms with Gasteiger partial charge in [0.1, 0.15) is 11.3 Å². The summed E-state index contributed by atoms with van der Waals surface area (Å²) in [4.78, 5) is 0. The maximum Gasteiger partial charge on any atom is 0.134 e. The monoisotopic (exact) mass is 203 g/mol. The van der Waals surface area contributed by atoms with Gasteiger partial charge in [0, 0.05) is 17.0 Å². The highest BCUT2D eigenvalue weighted by Gasteiger charge is 2.10. The second-order valence-corrected chi connectivity index (χ2v) is 4.15. The van der Waals surface area contributed by atoms with Gasteiger partial charge < -0.3 is 10.2 Å². The first-order chi connectivity index (χ1) is 7.18. The fraction of sp³-hybridized carbons (Fsp3) is 0.385. The van der Waals surface area contributed by atoms with Crippen LogP contribution in [0.15, 0.2) is 28.7 Å². The summed E-state index contributed by atoms with van der Waals surface area (Å²) in [5.74, 6) is 1.02. The molecule has 1 aromatic heterocycles. The number of aryl methyl sites for hydroxylation is 2. The summed E-state index contributed by atoms with van der Waals surface area (Å²) in [5.41, 5.74) is 8.06. The van der Waals surface area contributed by atoms with E-state index in [4.69, 9.17) is 10.2 Å². The van der Waals surface area contributed by atoms with E-state index in [0.29, 0.717) is 0 Å². The van der Waals surface area contributed by atoms with Gasteiger partial charge in [0.25, 0.3) is 0 Å². The Morgan fingerprint density at radius 3 is 2.80 bits per heavy atom. The maximum absolute atomic E-state index is 5.77. The number of para-hydroxylation sites is 1. The van der Waals surface area contributed by atoms with E-state index in [2.05, 4.69) is 6.07 Å². The third-order valence-electron chi connectivity index (χ3n) is 2.75. The average Bonchev–Trinajstić information content (AvgIpc) is 2.50. The molecular weight excluding hydrogens is 186 g/mol. The molecule has 1 atom stereocenters. The predicted molar refractivity (Wildman–Crippen MR) is 62.9 cm³/mol. The summed E-state index contributed by atoms with van der Waals surface area (Å²) in [6.07, 6.45) is 2.00. The lowest BCUT2D eigenvalue weighted by atomic mass is 10.0. The summed E-state index contributed by atoms with van der Waals surface area (Å²) in [5, 5.41) is 1.23. The molecule has 0 radical (unpaired) electrons. The normalized spacial score (nSPS) is 13.3. The van der Waals surface area contributed by atoms with Gasteiger partial charge >= 0.3 is 0 Å². The predicted octanol–water partition coefficient (Wildman–Crippen LogP) is 3.02. The van der Waals surface area contributed by atoms with Crippen molar-refractivity contribution < 1.29 is 4.42 Å². The molecule has 0 aliphatic carbocycles. The minimum Gasteiger partial charge on any atom is -0.461 e. The quantitative estimate of drug-likeness (QED) is 0.832. The first-order valence-electron chi connectivity index (χ1n) is 5.41. The zero-order chi connectivity index (χ0) is 10.8. The van der Waals surface area contributed by atoms with Crippen molar-refractivity contribution in [1.29, 1.82) is 0 Å². The van der Waals surface area contributed by atoms with Gasteiger partial charge in [-0.2, -0.15) is 0 Å². The van der Waals surface area contributed by atoms with Crippen molar-refractivity contribution in [1.82, 2.24) is 0 Å². The number of benzene rings is 1. The summed E-state index contributed by atoms with van der Waals surface area (Å²) < 4.78 is 5.69. The first kappa shape index (κ1) is 10.2. The Morgan fingerprint density at radius 1 is 1.33 bits per heavy atom. The highest BCUT2D eigenvalue weighted by atomic mass is 16.3. The Morgan fingerprint density at radius 2 is 2.07 bits per heavy atom. The SMILES string of the molecule is Cc1oc2ccccc2c1CCC(C)N. The molecule has 80 valence electrons. The molecule has 0 bridgehead atoms. The summed E-state index contributed by atoms with van der Waals surface area (Å²) in [6.45, 7) is 4.06. The van der Waals surface area contributed by atoms with Crippen LogP contribution in [-0.2, 0) is 6.42 Å². The van der Waals surface area contributed by atoms with E-state index in [1.807, 2.05) is 32.0 Å². The minimum atomic E-state index is 0.248. The van der Waals surface area contributed by atoms with Crippen LogP contribution in [0.25, 0.3) is 11.0 Å². The fourth-order valence-electron chi connectivity index (χ4n) is 1.90. The second-order valence-electron chi connectivity index (χ2n) is 4.15. The third-order valence-corrected chi connectivity index (χ3v) is 2.75. The van der Waals surface area contributed by atoms with E-state index in [1.165, 1.54) is 10.9 Å². The molecule has 2 rings (SSSR count). The van der Waals surface area contributed by atoms with Gasteiger partial charge in [0.2, 0.25) is 0 Å². The van der Waals surface area contributed by atoms with Crippen LogP contribution < -0.4 is 5.73 Å². The Bertz CT molecular complexity index is 457. The number of furan rings is 1. The molecule has 0 aliphatic rings. The van der Waals surface area contributed by atoms with E-state index < -0.39 is 0 Å². The van der Waals surface area contributed by atoms with E-state index in [-0.39, 0.29) is 6.04 Å². The van der Waals surface area contributed by atoms with Crippen LogP contribution in [0, 0.1) is 6.92 Å². The van der Waals surface area contributed by atoms with Crippen molar-refractivity contribution in [2.75, 3.05) is 0 Å². The molecule has 0 fully saturated rings. The van der Waals surface area contributed by atoms with Crippen molar-refractivity contribution in [3.63, 3.8) is 0 Å². The van der Waals surface area contributed by atoms with Gasteiger partial charge in [-0.15, -0.1) is 0 Å². The fourth-order valence-corrected chi connectivity index (χ4v) is 1.90. The number of hydrogen-bond donors (Lipinski definition) is 1. The van der Waals surface area contributed by atoms with Crippen LogP contribution in [0.3, 0.4) is 0 Å². The van der Waals surface area contributed by atoms with Crippen molar-refractivity contribution in [2.45, 2.75) is 32.7 Å². The zero-order valence-electron chi connectivity index (χ0n) is 9.29. The first-order valence-corrected chi connectivity index (χ1v) is 5.41. The Labute approximate surface area is 90.1 Å². The standard InChI is InChI=1S/C13H17NO/c1-9(14)7-8-11-10(2)15-13-6-4-3-5-12(11)13/h3-6,9H,7-8,14H2,1-2H3. The molecule has 15 heavy (non-hydrogen) atoms. The van der Waals surface area contributed by atoms with Crippen molar-refractivity contribution in [3.05, 3.63) is 35.6 Å².